The van der Waals surface area contributed by atoms with Crippen LogP contribution in [-0.4, -0.2) is 4.57 Å². The summed E-state index contributed by atoms with van der Waals surface area (Å²) in [5, 5.41) is 9.91. The minimum absolute atomic E-state index is 0.494. The Labute approximate surface area is 103 Å². The van der Waals surface area contributed by atoms with E-state index < -0.39 is 0 Å². The van der Waals surface area contributed by atoms with E-state index in [1.54, 1.807) is 0 Å². The van der Waals surface area contributed by atoms with Gasteiger partial charge < -0.3 is 4.57 Å². The molecule has 0 radical (unpaired) electrons. The van der Waals surface area contributed by atoms with E-state index in [-0.39, 0.29) is 0 Å². The zero-order valence-electron chi connectivity index (χ0n) is 10.9. The van der Waals surface area contributed by atoms with Gasteiger partial charge in [-0.3, -0.25) is 0 Å². The average Bonchev–Trinajstić information content (AvgIpc) is 2.70. The number of aromatic nitrogens is 1. The molecule has 1 heterocycles. The molecule has 1 aromatic heterocycles. The number of nitrogens with zero attached hydrogens (tertiary/aromatic N) is 2. The van der Waals surface area contributed by atoms with E-state index in [1.165, 1.54) is 17.3 Å². The zero-order chi connectivity index (χ0) is 12.7. The largest absolute Gasteiger partial charge is 0.347 e. The maximum atomic E-state index is 8.70. The summed E-state index contributed by atoms with van der Waals surface area (Å²) >= 11 is 0. The van der Waals surface area contributed by atoms with Gasteiger partial charge in [-0.2, -0.15) is 5.26 Å². The molecule has 0 spiro atoms. The lowest BCUT2D eigenvalue weighted by Crippen LogP contribution is -1.89. The predicted molar refractivity (Wildman–Crippen MR) is 72.9 cm³/mol. The summed E-state index contributed by atoms with van der Waals surface area (Å²) in [4.78, 5) is 0. The second-order valence-corrected chi connectivity index (χ2v) is 4.00. The zero-order valence-corrected chi connectivity index (χ0v) is 10.9. The van der Waals surface area contributed by atoms with Crippen molar-refractivity contribution >= 4 is 10.9 Å². The van der Waals surface area contributed by atoms with E-state index in [1.807, 2.05) is 12.1 Å². The number of benzene rings is 1. The topological polar surface area (TPSA) is 28.7 Å². The lowest BCUT2D eigenvalue weighted by Gasteiger charge is -1.98. The highest BCUT2D eigenvalue weighted by molar-refractivity contribution is 5.84. The first-order valence-electron chi connectivity index (χ1n) is 6.22. The van der Waals surface area contributed by atoms with Crippen LogP contribution in [0.2, 0.25) is 0 Å². The number of hydrogen-bond acceptors (Lipinski definition) is 1. The van der Waals surface area contributed by atoms with Crippen molar-refractivity contribution in [1.82, 2.24) is 4.57 Å². The molecular weight excluding hydrogens is 208 g/mol. The summed E-state index contributed by atoms with van der Waals surface area (Å²) < 4.78 is 2.18. The molecule has 2 heteroatoms. The first-order chi connectivity index (χ1) is 8.28. The summed E-state index contributed by atoms with van der Waals surface area (Å²) in [6.45, 7) is 7.31. The van der Waals surface area contributed by atoms with Crippen molar-refractivity contribution in [3.05, 3.63) is 36.0 Å². The first kappa shape index (κ1) is 13.3. The summed E-state index contributed by atoms with van der Waals surface area (Å²) in [5.41, 5.74) is 2.35. The van der Waals surface area contributed by atoms with Gasteiger partial charge in [-0.25, -0.2) is 0 Å². The van der Waals surface area contributed by atoms with Crippen molar-refractivity contribution in [2.24, 2.45) is 0 Å². The molecule has 0 N–H and O–H groups in total. The van der Waals surface area contributed by atoms with E-state index in [0.29, 0.717) is 6.42 Å². The number of hydrogen-bond donors (Lipinski definition) is 0. The minimum Gasteiger partial charge on any atom is -0.347 e. The van der Waals surface area contributed by atoms with E-state index in [4.69, 9.17) is 5.26 Å². The van der Waals surface area contributed by atoms with Crippen LogP contribution < -0.4 is 0 Å². The normalized spacial score (nSPS) is 9.53. The summed E-state index contributed by atoms with van der Waals surface area (Å²) in [6, 6.07) is 10.4. The third kappa shape index (κ3) is 3.10. The molecule has 0 saturated heterocycles. The second-order valence-electron chi connectivity index (χ2n) is 4.00. The highest BCUT2D eigenvalue weighted by Crippen LogP contribution is 2.21. The Morgan fingerprint density at radius 3 is 2.41 bits per heavy atom. The van der Waals surface area contributed by atoms with Gasteiger partial charge in [0.05, 0.1) is 12.5 Å². The van der Waals surface area contributed by atoms with Crippen LogP contribution in [0.3, 0.4) is 0 Å². The van der Waals surface area contributed by atoms with E-state index in [2.05, 4.69) is 49.7 Å². The van der Waals surface area contributed by atoms with Gasteiger partial charge in [0.25, 0.3) is 0 Å². The van der Waals surface area contributed by atoms with E-state index in [0.717, 1.165) is 12.1 Å². The predicted octanol–water partition coefficient (Wildman–Crippen LogP) is 4.14. The third-order valence-corrected chi connectivity index (χ3v) is 2.48. The molecule has 0 amide bonds. The van der Waals surface area contributed by atoms with Crippen LogP contribution >= 0.6 is 0 Å². The van der Waals surface area contributed by atoms with Crippen molar-refractivity contribution in [3.63, 3.8) is 0 Å². The molecule has 0 aliphatic heterocycles. The van der Waals surface area contributed by atoms with Crippen LogP contribution in [0.15, 0.2) is 30.5 Å². The van der Waals surface area contributed by atoms with Crippen LogP contribution in [0.5, 0.6) is 0 Å². The van der Waals surface area contributed by atoms with Gasteiger partial charge in [0.1, 0.15) is 0 Å². The van der Waals surface area contributed by atoms with E-state index in [9.17, 15) is 0 Å². The molecule has 0 saturated carbocycles. The molecule has 2 nitrogen and oxygen atoms in total. The molecule has 0 aliphatic carbocycles. The summed E-state index contributed by atoms with van der Waals surface area (Å²) in [5.74, 6) is 0. The molecule has 0 unspecified atom stereocenters. The van der Waals surface area contributed by atoms with Crippen molar-refractivity contribution in [2.75, 3.05) is 0 Å². The monoisotopic (exact) mass is 228 g/mol. The molecule has 0 atom stereocenters. The van der Waals surface area contributed by atoms with Gasteiger partial charge in [-0.05, 0) is 18.6 Å². The standard InChI is InChI=1S/C12H12N2.C3H8/c1-2-14-9-10(7-8-13)11-5-3-4-6-12(11)14;1-3-2/h3-6,9H,2,7H2,1H3;3H2,1-2H3. The van der Waals surface area contributed by atoms with Crippen molar-refractivity contribution in [1.29, 1.82) is 5.26 Å². The van der Waals surface area contributed by atoms with Gasteiger partial charge in [0, 0.05) is 23.6 Å². The number of fused-ring (bicyclic) bond motifs is 1. The van der Waals surface area contributed by atoms with Crippen LogP contribution in [0.4, 0.5) is 0 Å². The number of nitriles is 1. The molecular formula is C15H20N2. The highest BCUT2D eigenvalue weighted by atomic mass is 14.9. The van der Waals surface area contributed by atoms with Crippen molar-refractivity contribution in [2.45, 2.75) is 40.2 Å². The van der Waals surface area contributed by atoms with Crippen LogP contribution in [-0.2, 0) is 13.0 Å². The molecule has 0 bridgehead atoms. The fourth-order valence-electron chi connectivity index (χ4n) is 1.81. The second kappa shape index (κ2) is 6.75. The number of aryl methyl sites for hydroxylation is 1. The maximum absolute atomic E-state index is 8.70. The van der Waals surface area contributed by atoms with E-state index >= 15 is 0 Å². The van der Waals surface area contributed by atoms with Crippen molar-refractivity contribution < 1.29 is 0 Å². The fraction of sp³-hybridized carbons (Fsp3) is 0.400. The molecule has 0 aliphatic rings. The lowest BCUT2D eigenvalue weighted by molar-refractivity contribution is 0.794. The van der Waals surface area contributed by atoms with Crippen LogP contribution in [0, 0.1) is 11.3 Å². The molecule has 17 heavy (non-hydrogen) atoms. The van der Waals surface area contributed by atoms with Gasteiger partial charge in [-0.1, -0.05) is 38.5 Å². The smallest absolute Gasteiger partial charge is 0.0670 e. The fourth-order valence-corrected chi connectivity index (χ4v) is 1.81. The molecule has 2 rings (SSSR count). The van der Waals surface area contributed by atoms with Crippen molar-refractivity contribution in [3.8, 4) is 6.07 Å². The first-order valence-corrected chi connectivity index (χ1v) is 6.22. The minimum atomic E-state index is 0.494. The quantitative estimate of drug-likeness (QED) is 0.759. The Kier molecular flexibility index (Phi) is 5.29. The summed E-state index contributed by atoms with van der Waals surface area (Å²) in [7, 11) is 0. The van der Waals surface area contributed by atoms with Crippen LogP contribution in [0.25, 0.3) is 10.9 Å². The SMILES string of the molecule is CCC.CCn1cc(CC#N)c2ccccc21. The molecule has 0 fully saturated rings. The number of rotatable bonds is 2. The Morgan fingerprint density at radius 2 is 1.82 bits per heavy atom. The molecule has 2 aromatic rings. The highest BCUT2D eigenvalue weighted by Gasteiger charge is 2.05. The van der Waals surface area contributed by atoms with Gasteiger partial charge in [0.15, 0.2) is 0 Å². The lowest BCUT2D eigenvalue weighted by atomic mass is 10.1. The Balaban J connectivity index is 0.000000437. The van der Waals surface area contributed by atoms with Crippen LogP contribution in [0.1, 0.15) is 32.8 Å². The van der Waals surface area contributed by atoms with Gasteiger partial charge in [0.2, 0.25) is 0 Å². The Morgan fingerprint density at radius 1 is 1.18 bits per heavy atom. The molecule has 90 valence electrons. The van der Waals surface area contributed by atoms with Gasteiger partial charge >= 0.3 is 0 Å². The summed E-state index contributed by atoms with van der Waals surface area (Å²) in [6.07, 6.45) is 3.82. The molecule has 1 aromatic carbocycles. The number of para-hydroxylation sites is 1. The van der Waals surface area contributed by atoms with Gasteiger partial charge in [-0.15, -0.1) is 0 Å². The Hall–Kier alpha value is -1.75. The average molecular weight is 228 g/mol. The Bertz CT molecular complexity index is 503. The third-order valence-electron chi connectivity index (χ3n) is 2.48. The maximum Gasteiger partial charge on any atom is 0.0670 e.